The Hall–Kier alpha value is -1.77. The summed E-state index contributed by atoms with van der Waals surface area (Å²) in [6.45, 7) is 6.33. The van der Waals surface area contributed by atoms with Gasteiger partial charge < -0.3 is 19.3 Å². The number of aromatic nitrogens is 2. The molecule has 6 nitrogen and oxygen atoms in total. The fourth-order valence-electron chi connectivity index (χ4n) is 3.04. The van der Waals surface area contributed by atoms with Crippen LogP contribution in [0.1, 0.15) is 51.0 Å². The van der Waals surface area contributed by atoms with Crippen molar-refractivity contribution < 1.29 is 27.8 Å². The molecule has 0 aliphatic carbocycles. The van der Waals surface area contributed by atoms with Crippen LogP contribution in [0.15, 0.2) is 6.20 Å². The molecule has 26 heavy (non-hydrogen) atoms. The fraction of sp³-hybridized carbons (Fsp3) is 0.765. The van der Waals surface area contributed by atoms with E-state index in [0.717, 1.165) is 0 Å². The third-order valence-corrected chi connectivity index (χ3v) is 4.09. The molecule has 0 atom stereocenters. The van der Waals surface area contributed by atoms with Gasteiger partial charge in [-0.2, -0.15) is 13.2 Å². The molecule has 0 aromatic carbocycles. The van der Waals surface area contributed by atoms with E-state index < -0.39 is 18.2 Å². The number of imidazole rings is 1. The Morgan fingerprint density at radius 2 is 1.92 bits per heavy atom. The number of nitrogens with zero attached hydrogens (tertiary/aromatic N) is 3. The summed E-state index contributed by atoms with van der Waals surface area (Å²) >= 11 is 0. The highest BCUT2D eigenvalue weighted by atomic mass is 19.4. The third kappa shape index (κ3) is 5.89. The van der Waals surface area contributed by atoms with Gasteiger partial charge in [-0.1, -0.05) is 0 Å². The van der Waals surface area contributed by atoms with E-state index in [1.54, 1.807) is 30.2 Å². The van der Waals surface area contributed by atoms with E-state index in [9.17, 15) is 18.0 Å². The van der Waals surface area contributed by atoms with Gasteiger partial charge in [0.1, 0.15) is 11.4 Å². The molecule has 1 aromatic heterocycles. The Morgan fingerprint density at radius 3 is 2.42 bits per heavy atom. The van der Waals surface area contributed by atoms with Gasteiger partial charge in [-0.05, 0) is 33.6 Å². The van der Waals surface area contributed by atoms with Gasteiger partial charge in [-0.25, -0.2) is 9.78 Å². The molecular formula is C17H26F3N3O3. The van der Waals surface area contributed by atoms with Crippen molar-refractivity contribution in [3.8, 4) is 0 Å². The number of aliphatic hydroxyl groups is 1. The van der Waals surface area contributed by atoms with E-state index in [0.29, 0.717) is 31.8 Å². The summed E-state index contributed by atoms with van der Waals surface area (Å²) in [7, 11) is 0. The first kappa shape index (κ1) is 20.5. The van der Waals surface area contributed by atoms with Crippen LogP contribution in [-0.2, 0) is 17.7 Å². The first-order valence-corrected chi connectivity index (χ1v) is 8.70. The summed E-state index contributed by atoms with van der Waals surface area (Å²) in [5.74, 6) is 0.490. The van der Waals surface area contributed by atoms with Crippen molar-refractivity contribution in [2.24, 2.45) is 0 Å². The van der Waals surface area contributed by atoms with Crippen molar-refractivity contribution in [3.05, 3.63) is 17.7 Å². The van der Waals surface area contributed by atoms with Gasteiger partial charge in [0, 0.05) is 31.7 Å². The van der Waals surface area contributed by atoms with Crippen LogP contribution in [0.4, 0.5) is 18.0 Å². The number of ether oxygens (including phenoxy) is 1. The van der Waals surface area contributed by atoms with Gasteiger partial charge in [0.15, 0.2) is 0 Å². The van der Waals surface area contributed by atoms with Crippen LogP contribution in [0.2, 0.25) is 0 Å². The molecule has 1 aliphatic heterocycles. The van der Waals surface area contributed by atoms with Crippen molar-refractivity contribution in [3.63, 3.8) is 0 Å². The number of aliphatic hydroxyl groups excluding tert-OH is 1. The van der Waals surface area contributed by atoms with E-state index in [4.69, 9.17) is 9.84 Å². The Morgan fingerprint density at radius 1 is 1.31 bits per heavy atom. The maximum atomic E-state index is 12.6. The van der Waals surface area contributed by atoms with Gasteiger partial charge in [0.25, 0.3) is 0 Å². The van der Waals surface area contributed by atoms with E-state index in [1.807, 2.05) is 0 Å². The maximum Gasteiger partial charge on any atom is 0.410 e. The predicted molar refractivity (Wildman–Crippen MR) is 88.9 cm³/mol. The highest BCUT2D eigenvalue weighted by molar-refractivity contribution is 5.68. The van der Waals surface area contributed by atoms with Crippen LogP contribution in [0.3, 0.4) is 0 Å². The number of rotatable bonds is 4. The summed E-state index contributed by atoms with van der Waals surface area (Å²) in [5, 5.41) is 9.17. The zero-order chi connectivity index (χ0) is 19.5. The van der Waals surface area contributed by atoms with Crippen LogP contribution in [0.25, 0.3) is 0 Å². The van der Waals surface area contributed by atoms with Crippen LogP contribution in [0.5, 0.6) is 0 Å². The lowest BCUT2D eigenvalue weighted by atomic mass is 9.96. The number of halogens is 3. The minimum atomic E-state index is -4.32. The minimum Gasteiger partial charge on any atom is -0.444 e. The summed E-state index contributed by atoms with van der Waals surface area (Å²) < 4.78 is 44.8. The van der Waals surface area contributed by atoms with Crippen LogP contribution in [0, 0.1) is 0 Å². The van der Waals surface area contributed by atoms with E-state index >= 15 is 0 Å². The number of hydrogen-bond donors (Lipinski definition) is 1. The molecular weight excluding hydrogens is 351 g/mol. The maximum absolute atomic E-state index is 12.6. The molecule has 1 aliphatic rings. The normalized spacial score (nSPS) is 16.8. The number of carbonyl (C=O) groups is 1. The third-order valence-electron chi connectivity index (χ3n) is 4.09. The molecule has 1 fully saturated rings. The molecule has 2 heterocycles. The van der Waals surface area contributed by atoms with Gasteiger partial charge in [0.2, 0.25) is 0 Å². The molecule has 0 unspecified atom stereocenters. The lowest BCUT2D eigenvalue weighted by molar-refractivity contribution is -0.127. The Labute approximate surface area is 150 Å². The van der Waals surface area contributed by atoms with Crippen LogP contribution in [-0.4, -0.2) is 57.1 Å². The summed E-state index contributed by atoms with van der Waals surface area (Å²) in [6, 6.07) is 0. The van der Waals surface area contributed by atoms with Gasteiger partial charge in [0.05, 0.1) is 18.7 Å². The average molecular weight is 377 g/mol. The summed E-state index contributed by atoms with van der Waals surface area (Å²) in [5.41, 5.74) is -0.617. The van der Waals surface area contributed by atoms with E-state index in [2.05, 4.69) is 4.98 Å². The second-order valence-corrected chi connectivity index (χ2v) is 7.54. The monoisotopic (exact) mass is 377 g/mol. The van der Waals surface area contributed by atoms with Crippen molar-refractivity contribution in [1.29, 1.82) is 0 Å². The van der Waals surface area contributed by atoms with Crippen molar-refractivity contribution >= 4 is 6.09 Å². The zero-order valence-electron chi connectivity index (χ0n) is 15.3. The lowest BCUT2D eigenvalue weighted by Crippen LogP contribution is -2.41. The van der Waals surface area contributed by atoms with Gasteiger partial charge in [-0.15, -0.1) is 0 Å². The molecule has 9 heteroatoms. The van der Waals surface area contributed by atoms with Crippen LogP contribution < -0.4 is 0 Å². The number of amides is 1. The number of likely N-dealkylation sites (tertiary alicyclic amines) is 1. The molecule has 0 spiro atoms. The SMILES string of the molecule is CC(C)(C)OC(=O)N1CCC(c2nc(CC(F)(F)F)cn2CCO)CC1. The second kappa shape index (κ2) is 7.85. The minimum absolute atomic E-state index is 0.0458. The smallest absolute Gasteiger partial charge is 0.410 e. The molecule has 0 radical (unpaired) electrons. The molecule has 1 saturated heterocycles. The zero-order valence-corrected chi connectivity index (χ0v) is 15.3. The Kier molecular flexibility index (Phi) is 6.21. The molecule has 148 valence electrons. The standard InChI is InChI=1S/C17H26F3N3O3/c1-16(2,3)26-15(25)22-6-4-12(5-7-22)14-21-13(10-17(18,19)20)11-23(14)8-9-24/h11-12,24H,4-10H2,1-3H3. The Balaban J connectivity index is 2.04. The number of carbonyl (C=O) groups excluding carboxylic acids is 1. The highest BCUT2D eigenvalue weighted by Gasteiger charge is 2.32. The highest BCUT2D eigenvalue weighted by Crippen LogP contribution is 2.30. The Bertz CT molecular complexity index is 615. The molecule has 1 N–H and O–H groups in total. The number of hydrogen-bond acceptors (Lipinski definition) is 4. The molecule has 2 rings (SSSR count). The fourth-order valence-corrected chi connectivity index (χ4v) is 3.04. The van der Waals surface area contributed by atoms with E-state index in [-0.39, 0.29) is 30.9 Å². The first-order chi connectivity index (χ1) is 12.0. The molecule has 1 aromatic rings. The van der Waals surface area contributed by atoms with Crippen molar-refractivity contribution in [2.45, 2.75) is 64.3 Å². The second-order valence-electron chi connectivity index (χ2n) is 7.54. The predicted octanol–water partition coefficient (Wildman–Crippen LogP) is 3.09. The van der Waals surface area contributed by atoms with Gasteiger partial charge in [-0.3, -0.25) is 0 Å². The summed E-state index contributed by atoms with van der Waals surface area (Å²) in [6.07, 6.45) is -3.25. The van der Waals surface area contributed by atoms with E-state index in [1.165, 1.54) is 6.20 Å². The first-order valence-electron chi connectivity index (χ1n) is 8.70. The average Bonchev–Trinajstić information content (AvgIpc) is 2.86. The number of alkyl halides is 3. The number of piperidine rings is 1. The molecule has 0 bridgehead atoms. The summed E-state index contributed by atoms with van der Waals surface area (Å²) in [4.78, 5) is 17.9. The van der Waals surface area contributed by atoms with Crippen molar-refractivity contribution in [1.82, 2.24) is 14.5 Å². The molecule has 0 saturated carbocycles. The van der Waals surface area contributed by atoms with Crippen LogP contribution >= 0.6 is 0 Å². The lowest BCUT2D eigenvalue weighted by Gasteiger charge is -2.33. The quantitative estimate of drug-likeness (QED) is 0.876. The largest absolute Gasteiger partial charge is 0.444 e. The molecule has 1 amide bonds. The topological polar surface area (TPSA) is 67.6 Å². The van der Waals surface area contributed by atoms with Gasteiger partial charge >= 0.3 is 12.3 Å². The van der Waals surface area contributed by atoms with Crippen molar-refractivity contribution in [2.75, 3.05) is 19.7 Å².